The van der Waals surface area contributed by atoms with Gasteiger partial charge >= 0.3 is 5.82 Å². The Morgan fingerprint density at radius 1 is 1.41 bits per heavy atom. The maximum atomic E-state index is 12.2. The van der Waals surface area contributed by atoms with Crippen LogP contribution in [0.2, 0.25) is 0 Å². The molecule has 7 nitrogen and oxygen atoms in total. The molecule has 2 atom stereocenters. The van der Waals surface area contributed by atoms with Crippen LogP contribution < -0.4 is 4.74 Å². The van der Waals surface area contributed by atoms with E-state index in [0.717, 1.165) is 6.42 Å². The number of hydrogen-bond acceptors (Lipinski definition) is 5. The van der Waals surface area contributed by atoms with E-state index in [-0.39, 0.29) is 24.1 Å². The maximum Gasteiger partial charge on any atom is 0.406 e. The summed E-state index contributed by atoms with van der Waals surface area (Å²) in [5.74, 6) is 0.453. The third-order valence-electron chi connectivity index (χ3n) is 3.72. The van der Waals surface area contributed by atoms with E-state index in [1.54, 1.807) is 17.9 Å². The van der Waals surface area contributed by atoms with Crippen molar-refractivity contribution >= 4 is 11.7 Å². The van der Waals surface area contributed by atoms with Gasteiger partial charge in [0.15, 0.2) is 6.61 Å². The fourth-order valence-electron chi connectivity index (χ4n) is 2.87. The van der Waals surface area contributed by atoms with Crippen molar-refractivity contribution in [2.75, 3.05) is 19.7 Å². The van der Waals surface area contributed by atoms with Crippen molar-refractivity contribution < 1.29 is 14.5 Å². The number of pyridine rings is 1. The summed E-state index contributed by atoms with van der Waals surface area (Å²) in [7, 11) is 0. The topological polar surface area (TPSA) is 85.6 Å². The highest BCUT2D eigenvalue weighted by atomic mass is 16.6. The van der Waals surface area contributed by atoms with Crippen LogP contribution in [0.25, 0.3) is 0 Å². The Kier molecular flexibility index (Phi) is 4.95. The van der Waals surface area contributed by atoms with Crippen LogP contribution >= 0.6 is 0 Å². The van der Waals surface area contributed by atoms with Gasteiger partial charge in [0.2, 0.25) is 5.75 Å². The minimum absolute atomic E-state index is 0.0297. The van der Waals surface area contributed by atoms with Gasteiger partial charge < -0.3 is 19.8 Å². The van der Waals surface area contributed by atoms with Crippen LogP contribution in [0.5, 0.6) is 5.75 Å². The number of rotatable bonds is 4. The van der Waals surface area contributed by atoms with E-state index in [4.69, 9.17) is 4.74 Å². The zero-order valence-electron chi connectivity index (χ0n) is 13.1. The average molecular weight is 307 g/mol. The first-order valence-corrected chi connectivity index (χ1v) is 7.39. The van der Waals surface area contributed by atoms with Crippen molar-refractivity contribution in [1.29, 1.82) is 0 Å². The van der Waals surface area contributed by atoms with Crippen molar-refractivity contribution in [2.24, 2.45) is 11.8 Å². The number of nitro groups is 1. The van der Waals surface area contributed by atoms with Crippen LogP contribution in [0.4, 0.5) is 5.82 Å². The second kappa shape index (κ2) is 6.72. The molecule has 0 saturated carbocycles. The molecule has 1 saturated heterocycles. The SMILES string of the molecule is Cc1ccc(OCC(=O)N2C[C@H](C)C[C@@H](C)C2)c([N+](=O)[O-])n1. The second-order valence-electron chi connectivity index (χ2n) is 6.06. The Labute approximate surface area is 129 Å². The molecule has 1 fully saturated rings. The number of carbonyl (C=O) groups excluding carboxylic acids is 1. The van der Waals surface area contributed by atoms with Gasteiger partial charge in [0, 0.05) is 20.0 Å². The molecule has 1 aromatic heterocycles. The summed E-state index contributed by atoms with van der Waals surface area (Å²) >= 11 is 0. The van der Waals surface area contributed by atoms with Gasteiger partial charge in [-0.2, -0.15) is 0 Å². The first kappa shape index (κ1) is 16.2. The number of carbonyl (C=O) groups is 1. The van der Waals surface area contributed by atoms with E-state index in [1.165, 1.54) is 6.07 Å². The van der Waals surface area contributed by atoms with Gasteiger partial charge in [0.1, 0.15) is 5.69 Å². The number of nitrogens with zero attached hydrogens (tertiary/aromatic N) is 3. The predicted octanol–water partition coefficient (Wildman–Crippen LogP) is 2.18. The molecule has 7 heteroatoms. The van der Waals surface area contributed by atoms with Crippen molar-refractivity contribution in [3.63, 3.8) is 0 Å². The fourth-order valence-corrected chi connectivity index (χ4v) is 2.87. The molecule has 22 heavy (non-hydrogen) atoms. The Balaban J connectivity index is 2.01. The van der Waals surface area contributed by atoms with E-state index in [9.17, 15) is 14.9 Å². The minimum Gasteiger partial charge on any atom is -0.476 e. The van der Waals surface area contributed by atoms with Crippen LogP contribution in [-0.4, -0.2) is 40.4 Å². The first-order chi connectivity index (χ1) is 10.4. The van der Waals surface area contributed by atoms with Crippen molar-refractivity contribution in [2.45, 2.75) is 27.2 Å². The number of aryl methyl sites for hydroxylation is 1. The summed E-state index contributed by atoms with van der Waals surface area (Å²) in [6.07, 6.45) is 1.11. The highest BCUT2D eigenvalue weighted by molar-refractivity contribution is 5.78. The molecule has 1 amide bonds. The Hall–Kier alpha value is -2.18. The predicted molar refractivity (Wildman–Crippen MR) is 80.6 cm³/mol. The average Bonchev–Trinajstić information content (AvgIpc) is 2.44. The van der Waals surface area contributed by atoms with Gasteiger partial charge in [0.05, 0.1) is 0 Å². The monoisotopic (exact) mass is 307 g/mol. The number of hydrogen-bond donors (Lipinski definition) is 0. The minimum atomic E-state index is -0.599. The third-order valence-corrected chi connectivity index (χ3v) is 3.72. The molecule has 120 valence electrons. The molecule has 2 heterocycles. The molecule has 0 bridgehead atoms. The lowest BCUT2D eigenvalue weighted by Gasteiger charge is -2.34. The molecule has 1 aliphatic rings. The standard InChI is InChI=1S/C15H21N3O4/c1-10-6-11(2)8-17(7-10)14(19)9-22-13-5-4-12(3)16-15(13)18(20)21/h4-5,10-11H,6-9H2,1-3H3/t10-,11-/m1/s1. The van der Waals surface area contributed by atoms with Gasteiger partial charge in [-0.25, -0.2) is 0 Å². The number of amides is 1. The van der Waals surface area contributed by atoms with Crippen LogP contribution in [0.3, 0.4) is 0 Å². The van der Waals surface area contributed by atoms with Crippen LogP contribution in [0.1, 0.15) is 26.0 Å². The highest BCUT2D eigenvalue weighted by Crippen LogP contribution is 2.25. The van der Waals surface area contributed by atoms with Crippen LogP contribution in [0.15, 0.2) is 12.1 Å². The number of piperidine rings is 1. The van der Waals surface area contributed by atoms with Gasteiger partial charge in [-0.1, -0.05) is 13.8 Å². The molecule has 0 unspecified atom stereocenters. The lowest BCUT2D eigenvalue weighted by molar-refractivity contribution is -0.390. The molecule has 1 aliphatic heterocycles. The zero-order chi connectivity index (χ0) is 16.3. The van der Waals surface area contributed by atoms with Gasteiger partial charge in [-0.15, -0.1) is 0 Å². The van der Waals surface area contributed by atoms with Crippen molar-refractivity contribution in [3.05, 3.63) is 27.9 Å². The Bertz CT molecular complexity index is 566. The van der Waals surface area contributed by atoms with Gasteiger partial charge in [-0.05, 0) is 40.3 Å². The van der Waals surface area contributed by atoms with Crippen molar-refractivity contribution in [3.8, 4) is 5.75 Å². The third kappa shape index (κ3) is 3.93. The normalized spacial score (nSPS) is 21.5. The lowest BCUT2D eigenvalue weighted by Crippen LogP contribution is -2.44. The molecule has 0 aromatic carbocycles. The van der Waals surface area contributed by atoms with E-state index in [2.05, 4.69) is 18.8 Å². The molecule has 0 spiro atoms. The molecule has 2 rings (SSSR count). The molecule has 0 N–H and O–H groups in total. The highest BCUT2D eigenvalue weighted by Gasteiger charge is 2.26. The first-order valence-electron chi connectivity index (χ1n) is 7.39. The summed E-state index contributed by atoms with van der Waals surface area (Å²) in [6.45, 7) is 7.11. The van der Waals surface area contributed by atoms with E-state index in [0.29, 0.717) is 30.6 Å². The summed E-state index contributed by atoms with van der Waals surface area (Å²) in [4.78, 5) is 28.2. The quantitative estimate of drug-likeness (QED) is 0.628. The van der Waals surface area contributed by atoms with Gasteiger partial charge in [-0.3, -0.25) is 4.79 Å². The second-order valence-corrected chi connectivity index (χ2v) is 6.06. The molecular weight excluding hydrogens is 286 g/mol. The summed E-state index contributed by atoms with van der Waals surface area (Å²) < 4.78 is 5.34. The van der Waals surface area contributed by atoms with E-state index in [1.807, 2.05) is 0 Å². The zero-order valence-corrected chi connectivity index (χ0v) is 13.1. The smallest absolute Gasteiger partial charge is 0.406 e. The Morgan fingerprint density at radius 2 is 2.05 bits per heavy atom. The maximum absolute atomic E-state index is 12.2. The fraction of sp³-hybridized carbons (Fsp3) is 0.600. The van der Waals surface area contributed by atoms with Gasteiger partial charge in [0.25, 0.3) is 5.91 Å². The summed E-state index contributed by atoms with van der Waals surface area (Å²) in [6, 6.07) is 3.10. The molecule has 0 aliphatic carbocycles. The number of likely N-dealkylation sites (tertiary alicyclic amines) is 1. The number of ether oxygens (including phenoxy) is 1. The molecule has 0 radical (unpaired) electrons. The van der Waals surface area contributed by atoms with Crippen molar-refractivity contribution in [1.82, 2.24) is 9.88 Å². The van der Waals surface area contributed by atoms with E-state index < -0.39 is 4.92 Å². The summed E-state index contributed by atoms with van der Waals surface area (Å²) in [5.41, 5.74) is 0.532. The van der Waals surface area contributed by atoms with E-state index >= 15 is 0 Å². The molecule has 1 aromatic rings. The number of aromatic nitrogens is 1. The largest absolute Gasteiger partial charge is 0.476 e. The lowest BCUT2D eigenvalue weighted by atomic mass is 9.92. The Morgan fingerprint density at radius 3 is 2.64 bits per heavy atom. The van der Waals surface area contributed by atoms with Crippen LogP contribution in [-0.2, 0) is 4.79 Å². The van der Waals surface area contributed by atoms with Crippen LogP contribution in [0, 0.1) is 28.9 Å². The summed E-state index contributed by atoms with van der Waals surface area (Å²) in [5, 5.41) is 11.0. The molecular formula is C15H21N3O4.